The summed E-state index contributed by atoms with van der Waals surface area (Å²) in [5, 5.41) is 3.61. The lowest BCUT2D eigenvalue weighted by molar-refractivity contribution is 0.596. The van der Waals surface area contributed by atoms with Crippen molar-refractivity contribution in [3.8, 4) is 0 Å². The van der Waals surface area contributed by atoms with Gasteiger partial charge in [-0.05, 0) is 35.9 Å². The highest BCUT2D eigenvalue weighted by molar-refractivity contribution is 7.91. The molecule has 0 atom stereocenters. The number of sulfone groups is 1. The molecule has 28 heavy (non-hydrogen) atoms. The van der Waals surface area contributed by atoms with Crippen LogP contribution in [0.15, 0.2) is 94.9 Å². The zero-order valence-corrected chi connectivity index (χ0v) is 15.7. The second-order valence-electron chi connectivity index (χ2n) is 6.31. The van der Waals surface area contributed by atoms with Gasteiger partial charge in [0.05, 0.1) is 16.1 Å². The van der Waals surface area contributed by atoms with Crippen LogP contribution in [-0.4, -0.2) is 13.4 Å². The van der Waals surface area contributed by atoms with E-state index in [4.69, 9.17) is 0 Å². The van der Waals surface area contributed by atoms with Gasteiger partial charge in [0.2, 0.25) is 9.84 Å². The zero-order chi connectivity index (χ0) is 19.6. The second kappa shape index (κ2) is 7.40. The first-order valence-electron chi connectivity index (χ1n) is 8.72. The maximum Gasteiger partial charge on any atom is 0.210 e. The number of rotatable bonds is 5. The van der Waals surface area contributed by atoms with E-state index in [0.29, 0.717) is 23.1 Å². The molecule has 0 amide bonds. The van der Waals surface area contributed by atoms with Crippen molar-refractivity contribution in [2.75, 3.05) is 5.32 Å². The maximum absolute atomic E-state index is 13.9. The fourth-order valence-electron chi connectivity index (χ4n) is 3.05. The van der Waals surface area contributed by atoms with Crippen LogP contribution >= 0.6 is 0 Å². The van der Waals surface area contributed by atoms with Crippen LogP contribution in [-0.2, 0) is 16.4 Å². The quantitative estimate of drug-likeness (QED) is 0.529. The number of nitrogens with zero attached hydrogens (tertiary/aromatic N) is 1. The van der Waals surface area contributed by atoms with Gasteiger partial charge in [-0.2, -0.15) is 0 Å². The third kappa shape index (κ3) is 3.46. The number of hydrogen-bond acceptors (Lipinski definition) is 4. The zero-order valence-electron chi connectivity index (χ0n) is 14.8. The Hall–Kier alpha value is -3.25. The highest BCUT2D eigenvalue weighted by atomic mass is 32.2. The fraction of sp³-hybridized carbons (Fsp3) is 0.0455. The summed E-state index contributed by atoms with van der Waals surface area (Å²) in [5.74, 6) is -0.452. The highest BCUT2D eigenvalue weighted by Gasteiger charge is 2.23. The largest absolute Gasteiger partial charge is 0.379 e. The van der Waals surface area contributed by atoms with E-state index < -0.39 is 15.7 Å². The van der Waals surface area contributed by atoms with Gasteiger partial charge in [0.1, 0.15) is 10.7 Å². The Kier molecular flexibility index (Phi) is 4.79. The standard InChI is InChI=1S/C22H17FN2O2S/c23-17-11-12-20-19(13-17)22(25-14-16-7-3-1-4-8-16)21(15-24-20)28(26,27)18-9-5-2-6-10-18/h1-13,15H,14H2,(H,24,25). The summed E-state index contributed by atoms with van der Waals surface area (Å²) in [4.78, 5) is 4.43. The molecular formula is C22H17FN2O2S. The minimum Gasteiger partial charge on any atom is -0.379 e. The van der Waals surface area contributed by atoms with Crippen molar-refractivity contribution < 1.29 is 12.8 Å². The van der Waals surface area contributed by atoms with Crippen LogP contribution in [0.25, 0.3) is 10.9 Å². The van der Waals surface area contributed by atoms with Crippen molar-refractivity contribution in [2.24, 2.45) is 0 Å². The van der Waals surface area contributed by atoms with Crippen LogP contribution in [0.4, 0.5) is 10.1 Å². The van der Waals surface area contributed by atoms with Crippen LogP contribution in [0.3, 0.4) is 0 Å². The first-order chi connectivity index (χ1) is 13.6. The molecule has 0 aliphatic rings. The van der Waals surface area contributed by atoms with E-state index in [-0.39, 0.29) is 9.79 Å². The van der Waals surface area contributed by atoms with Crippen molar-refractivity contribution in [1.29, 1.82) is 0 Å². The minimum atomic E-state index is -3.83. The minimum absolute atomic E-state index is 0.0210. The first kappa shape index (κ1) is 18.1. The van der Waals surface area contributed by atoms with Crippen LogP contribution in [0, 0.1) is 5.82 Å². The number of aromatic nitrogens is 1. The average Bonchev–Trinajstić information content (AvgIpc) is 2.73. The van der Waals surface area contributed by atoms with Crippen LogP contribution in [0.1, 0.15) is 5.56 Å². The number of pyridine rings is 1. The van der Waals surface area contributed by atoms with Gasteiger partial charge in [0, 0.05) is 18.1 Å². The molecule has 0 aliphatic carbocycles. The van der Waals surface area contributed by atoms with Crippen LogP contribution < -0.4 is 5.32 Å². The van der Waals surface area contributed by atoms with E-state index in [1.807, 2.05) is 30.3 Å². The molecule has 1 N–H and O–H groups in total. The van der Waals surface area contributed by atoms with E-state index in [2.05, 4.69) is 10.3 Å². The van der Waals surface area contributed by atoms with E-state index in [1.165, 1.54) is 36.5 Å². The van der Waals surface area contributed by atoms with Crippen molar-refractivity contribution in [3.63, 3.8) is 0 Å². The summed E-state index contributed by atoms with van der Waals surface area (Å²) in [6.07, 6.45) is 1.33. The van der Waals surface area contributed by atoms with E-state index in [1.54, 1.807) is 18.2 Å². The Morgan fingerprint density at radius 2 is 1.57 bits per heavy atom. The molecule has 4 rings (SSSR count). The van der Waals surface area contributed by atoms with Gasteiger partial charge in [-0.25, -0.2) is 12.8 Å². The Morgan fingerprint density at radius 3 is 2.29 bits per heavy atom. The SMILES string of the molecule is O=S(=O)(c1ccccc1)c1cnc2ccc(F)cc2c1NCc1ccccc1. The molecule has 0 saturated carbocycles. The van der Waals surface area contributed by atoms with Gasteiger partial charge in [-0.15, -0.1) is 0 Å². The molecule has 0 unspecified atom stereocenters. The maximum atomic E-state index is 13.9. The smallest absolute Gasteiger partial charge is 0.210 e. The lowest BCUT2D eigenvalue weighted by atomic mass is 10.1. The molecule has 140 valence electrons. The first-order valence-corrected chi connectivity index (χ1v) is 10.2. The normalized spacial score (nSPS) is 11.5. The predicted molar refractivity (Wildman–Crippen MR) is 107 cm³/mol. The lowest BCUT2D eigenvalue weighted by Gasteiger charge is -2.15. The van der Waals surface area contributed by atoms with Gasteiger partial charge in [-0.3, -0.25) is 4.98 Å². The highest BCUT2D eigenvalue weighted by Crippen LogP contribution is 2.33. The van der Waals surface area contributed by atoms with E-state index in [9.17, 15) is 12.8 Å². The topological polar surface area (TPSA) is 59.1 Å². The Bertz CT molecular complexity index is 1230. The number of anilines is 1. The molecule has 4 aromatic rings. The molecule has 0 bridgehead atoms. The van der Waals surface area contributed by atoms with Crippen molar-refractivity contribution in [2.45, 2.75) is 16.3 Å². The van der Waals surface area contributed by atoms with Crippen molar-refractivity contribution in [1.82, 2.24) is 4.98 Å². The van der Waals surface area contributed by atoms with Gasteiger partial charge >= 0.3 is 0 Å². The van der Waals surface area contributed by atoms with Gasteiger partial charge < -0.3 is 5.32 Å². The molecular weight excluding hydrogens is 375 g/mol. The summed E-state index contributed by atoms with van der Waals surface area (Å²) < 4.78 is 40.4. The van der Waals surface area contributed by atoms with Crippen LogP contribution in [0.2, 0.25) is 0 Å². The van der Waals surface area contributed by atoms with Crippen LogP contribution in [0.5, 0.6) is 0 Å². The summed E-state index contributed by atoms with van der Waals surface area (Å²) in [7, 11) is -3.83. The van der Waals surface area contributed by atoms with Gasteiger partial charge in [0.15, 0.2) is 0 Å². The molecule has 6 heteroatoms. The Morgan fingerprint density at radius 1 is 0.893 bits per heavy atom. The molecule has 0 radical (unpaired) electrons. The number of fused-ring (bicyclic) bond motifs is 1. The Balaban J connectivity index is 1.88. The van der Waals surface area contributed by atoms with Gasteiger partial charge in [-0.1, -0.05) is 48.5 Å². The number of halogens is 1. The molecule has 0 saturated heterocycles. The summed E-state index contributed by atoms with van der Waals surface area (Å²) in [6, 6.07) is 21.9. The average molecular weight is 392 g/mol. The number of hydrogen-bond donors (Lipinski definition) is 1. The molecule has 1 heterocycles. The second-order valence-corrected chi connectivity index (χ2v) is 8.23. The third-order valence-corrected chi connectivity index (χ3v) is 6.23. The molecule has 4 nitrogen and oxygen atoms in total. The van der Waals surface area contributed by atoms with Crippen molar-refractivity contribution in [3.05, 3.63) is 96.4 Å². The summed E-state index contributed by atoms with van der Waals surface area (Å²) >= 11 is 0. The van der Waals surface area contributed by atoms with Crippen molar-refractivity contribution >= 4 is 26.4 Å². The predicted octanol–water partition coefficient (Wildman–Crippen LogP) is 4.82. The lowest BCUT2D eigenvalue weighted by Crippen LogP contribution is -2.09. The van der Waals surface area contributed by atoms with E-state index in [0.717, 1.165) is 5.56 Å². The third-order valence-electron chi connectivity index (χ3n) is 4.45. The summed E-state index contributed by atoms with van der Waals surface area (Å²) in [5.41, 5.74) is 1.84. The number of nitrogens with one attached hydrogen (secondary N) is 1. The number of benzene rings is 3. The molecule has 0 aliphatic heterocycles. The van der Waals surface area contributed by atoms with Gasteiger partial charge in [0.25, 0.3) is 0 Å². The molecule has 0 spiro atoms. The molecule has 0 fully saturated rings. The molecule has 1 aromatic heterocycles. The monoisotopic (exact) mass is 392 g/mol. The molecule has 3 aromatic carbocycles. The van der Waals surface area contributed by atoms with E-state index >= 15 is 0 Å². The fourth-order valence-corrected chi connectivity index (χ4v) is 4.46. The summed E-state index contributed by atoms with van der Waals surface area (Å²) in [6.45, 7) is 0.397. The Labute approximate surface area is 162 Å².